The quantitative estimate of drug-likeness (QED) is 0.347. The molecule has 3 aromatic heterocycles. The third-order valence-electron chi connectivity index (χ3n) is 7.61. The molecule has 4 heterocycles. The number of nitrogens with zero attached hydrogens (tertiary/aromatic N) is 6. The number of nitriles is 1. The molecule has 0 unspecified atom stereocenters. The topological polar surface area (TPSA) is 137 Å². The summed E-state index contributed by atoms with van der Waals surface area (Å²) in [5, 5.41) is 30.6. The third-order valence-corrected chi connectivity index (χ3v) is 9.49. The number of alkyl halides is 2. The zero-order valence-corrected chi connectivity index (χ0v) is 22.0. The average molecular weight is 566 g/mol. The molecule has 206 valence electrons. The van der Waals surface area contributed by atoms with Crippen molar-refractivity contribution in [3.63, 3.8) is 0 Å². The lowest BCUT2D eigenvalue weighted by atomic mass is 10.00. The fourth-order valence-electron chi connectivity index (χ4n) is 5.03. The second-order valence-electron chi connectivity index (χ2n) is 10.1. The Hall–Kier alpha value is -3.99. The van der Waals surface area contributed by atoms with E-state index in [4.69, 9.17) is 0 Å². The van der Waals surface area contributed by atoms with E-state index < -0.39 is 33.8 Å². The van der Waals surface area contributed by atoms with Crippen molar-refractivity contribution < 1.29 is 22.3 Å². The predicted molar refractivity (Wildman–Crippen MR) is 141 cm³/mol. The van der Waals surface area contributed by atoms with E-state index in [1.165, 1.54) is 27.0 Å². The van der Waals surface area contributed by atoms with E-state index in [0.717, 1.165) is 18.4 Å². The summed E-state index contributed by atoms with van der Waals surface area (Å²) in [6.45, 7) is 0.118. The molecule has 40 heavy (non-hydrogen) atoms. The second-order valence-corrected chi connectivity index (χ2v) is 12.1. The molecule has 1 aromatic carbocycles. The van der Waals surface area contributed by atoms with E-state index in [2.05, 4.69) is 26.6 Å². The van der Waals surface area contributed by atoms with E-state index in [1.54, 1.807) is 36.5 Å². The number of benzene rings is 1. The van der Waals surface area contributed by atoms with Gasteiger partial charge in [-0.15, -0.1) is 10.2 Å². The van der Waals surface area contributed by atoms with Crippen molar-refractivity contribution in [1.29, 1.82) is 5.26 Å². The van der Waals surface area contributed by atoms with Gasteiger partial charge in [-0.1, -0.05) is 18.2 Å². The molecule has 13 heteroatoms. The van der Waals surface area contributed by atoms with Crippen LogP contribution in [0.4, 0.5) is 14.6 Å². The summed E-state index contributed by atoms with van der Waals surface area (Å²) < 4.78 is 55.6. The Kier molecular flexibility index (Phi) is 6.48. The highest BCUT2D eigenvalue weighted by atomic mass is 32.2. The number of pyridine rings is 2. The molecule has 10 nitrogen and oxygen atoms in total. The van der Waals surface area contributed by atoms with Crippen molar-refractivity contribution in [3.05, 3.63) is 72.3 Å². The van der Waals surface area contributed by atoms with Crippen molar-refractivity contribution in [2.75, 3.05) is 18.4 Å². The summed E-state index contributed by atoms with van der Waals surface area (Å²) >= 11 is 0. The maximum atomic E-state index is 13.3. The molecule has 2 fully saturated rings. The van der Waals surface area contributed by atoms with Crippen LogP contribution in [0.25, 0.3) is 16.8 Å². The number of halogens is 2. The second kappa shape index (κ2) is 9.88. The van der Waals surface area contributed by atoms with E-state index in [1.807, 2.05) is 6.07 Å². The van der Waals surface area contributed by atoms with Gasteiger partial charge in [0.1, 0.15) is 5.82 Å². The molecule has 2 aliphatic rings. The number of nitrogens with one attached hydrogen (secondary N) is 1. The van der Waals surface area contributed by atoms with Gasteiger partial charge in [0.25, 0.3) is 6.43 Å². The van der Waals surface area contributed by atoms with Crippen LogP contribution in [0.5, 0.6) is 0 Å². The number of piperidine rings is 1. The van der Waals surface area contributed by atoms with Crippen LogP contribution >= 0.6 is 0 Å². The van der Waals surface area contributed by atoms with Gasteiger partial charge >= 0.3 is 0 Å². The van der Waals surface area contributed by atoms with Gasteiger partial charge < -0.3 is 10.4 Å². The Morgan fingerprint density at radius 1 is 1.07 bits per heavy atom. The van der Waals surface area contributed by atoms with Gasteiger partial charge in [0, 0.05) is 25.5 Å². The molecule has 0 spiro atoms. The Morgan fingerprint density at radius 2 is 1.82 bits per heavy atom. The van der Waals surface area contributed by atoms with Gasteiger partial charge in [0.2, 0.25) is 15.8 Å². The molecule has 2 N–H and O–H groups in total. The highest BCUT2D eigenvalue weighted by Gasteiger charge is 2.45. The summed E-state index contributed by atoms with van der Waals surface area (Å²) in [5.74, 6) is 0.0877. The van der Waals surface area contributed by atoms with Crippen LogP contribution < -0.4 is 5.32 Å². The molecule has 1 aliphatic carbocycles. The molecule has 1 aliphatic heterocycles. The van der Waals surface area contributed by atoms with Gasteiger partial charge in [0.15, 0.2) is 5.65 Å². The maximum absolute atomic E-state index is 13.3. The molecular weight excluding hydrogens is 540 g/mol. The lowest BCUT2D eigenvalue weighted by Crippen LogP contribution is -2.51. The minimum Gasteiger partial charge on any atom is -0.390 e. The fraction of sp³-hybridized carbons (Fsp3) is 0.333. The predicted octanol–water partition coefficient (Wildman–Crippen LogP) is 3.52. The van der Waals surface area contributed by atoms with E-state index in [0.29, 0.717) is 23.4 Å². The van der Waals surface area contributed by atoms with Gasteiger partial charge in [-0.25, -0.2) is 22.2 Å². The summed E-state index contributed by atoms with van der Waals surface area (Å²) in [4.78, 5) is 4.45. The van der Waals surface area contributed by atoms with Crippen LogP contribution in [-0.4, -0.2) is 62.6 Å². The van der Waals surface area contributed by atoms with Crippen LogP contribution in [0.1, 0.15) is 37.1 Å². The van der Waals surface area contributed by atoms with Crippen molar-refractivity contribution in [3.8, 4) is 17.2 Å². The molecular formula is C27H25F2N7O3S. The number of sulfonamides is 1. The number of aromatic nitrogens is 4. The normalized spacial score (nSPS) is 20.9. The lowest BCUT2D eigenvalue weighted by Gasteiger charge is -2.35. The molecule has 2 atom stereocenters. The Bertz CT molecular complexity index is 1700. The van der Waals surface area contributed by atoms with Crippen molar-refractivity contribution in [1.82, 2.24) is 23.9 Å². The summed E-state index contributed by atoms with van der Waals surface area (Å²) in [6, 6.07) is 15.0. The molecule has 6 rings (SSSR count). The average Bonchev–Trinajstić information content (AvgIpc) is 3.65. The van der Waals surface area contributed by atoms with Crippen LogP contribution in [0, 0.1) is 11.3 Å². The molecule has 4 aromatic rings. The smallest absolute Gasteiger partial charge is 0.297 e. The largest absolute Gasteiger partial charge is 0.390 e. The van der Waals surface area contributed by atoms with Crippen LogP contribution in [0.3, 0.4) is 0 Å². The fourth-order valence-corrected chi connectivity index (χ4v) is 6.50. The zero-order chi connectivity index (χ0) is 28.1. The number of aliphatic hydroxyl groups is 1. The van der Waals surface area contributed by atoms with E-state index in [9.17, 15) is 27.6 Å². The summed E-state index contributed by atoms with van der Waals surface area (Å²) in [5.41, 5.74) is 1.98. The van der Waals surface area contributed by atoms with Crippen molar-refractivity contribution in [2.24, 2.45) is 0 Å². The van der Waals surface area contributed by atoms with Crippen LogP contribution in [0.2, 0.25) is 0 Å². The minimum absolute atomic E-state index is 0.0669. The zero-order valence-electron chi connectivity index (χ0n) is 21.2. The molecule has 0 radical (unpaired) electrons. The first-order chi connectivity index (χ1) is 19.2. The van der Waals surface area contributed by atoms with Gasteiger partial charge in [-0.3, -0.25) is 4.40 Å². The highest BCUT2D eigenvalue weighted by Crippen LogP contribution is 2.47. The van der Waals surface area contributed by atoms with Crippen molar-refractivity contribution >= 4 is 21.5 Å². The summed E-state index contributed by atoms with van der Waals surface area (Å²) in [7, 11) is -3.88. The number of hydrogen-bond acceptors (Lipinski definition) is 8. The Morgan fingerprint density at radius 3 is 2.45 bits per heavy atom. The molecule has 1 saturated carbocycles. The SMILES string of the molecule is N#CC1(c2ccc(N[C@@H]3CCN(S(=O)(=O)c4ccc(-c5ccc6nnc(C(F)F)n6c5)cc4)C[C@@H]3O)nc2)CC1. The minimum atomic E-state index is -3.88. The number of anilines is 1. The Balaban J connectivity index is 1.12. The molecule has 1 saturated heterocycles. The first-order valence-electron chi connectivity index (χ1n) is 12.8. The number of β-amino-alcohol motifs (C(OH)–C–C–N with tert-alkyl or cyclic N) is 1. The monoisotopic (exact) mass is 565 g/mol. The number of hydrogen-bond donors (Lipinski definition) is 2. The van der Waals surface area contributed by atoms with E-state index in [-0.39, 0.29) is 29.7 Å². The first-order valence-corrected chi connectivity index (χ1v) is 14.2. The van der Waals surface area contributed by atoms with Crippen molar-refractivity contribution in [2.45, 2.75) is 48.1 Å². The number of rotatable bonds is 7. The van der Waals surface area contributed by atoms with Crippen LogP contribution in [0.15, 0.2) is 65.8 Å². The standard InChI is InChI=1S/C27H25F2N7O3S/c28-25(29)26-34-33-24-8-3-18(14-36(24)26)17-1-5-20(6-2-17)40(38,39)35-12-9-21(22(37)15-35)32-23-7-4-19(13-31-23)27(16-30)10-11-27/h1-8,13-14,21-22,25,37H,9-12,15H2,(H,31,32)/t21-,22+/m1/s1. The first kappa shape index (κ1) is 26.2. The number of aliphatic hydroxyl groups excluding tert-OH is 1. The Labute approximate surface area is 229 Å². The van der Waals surface area contributed by atoms with Gasteiger partial charge in [-0.2, -0.15) is 9.57 Å². The third kappa shape index (κ3) is 4.68. The lowest BCUT2D eigenvalue weighted by molar-refractivity contribution is 0.0949. The summed E-state index contributed by atoms with van der Waals surface area (Å²) in [6.07, 6.45) is 1.45. The number of fused-ring (bicyclic) bond motifs is 1. The van der Waals surface area contributed by atoms with Gasteiger partial charge in [0.05, 0.1) is 28.5 Å². The molecule has 0 amide bonds. The molecule has 0 bridgehead atoms. The van der Waals surface area contributed by atoms with Gasteiger partial charge in [-0.05, 0) is 66.3 Å². The van der Waals surface area contributed by atoms with Crippen LogP contribution in [-0.2, 0) is 15.4 Å². The van der Waals surface area contributed by atoms with E-state index >= 15 is 0 Å². The maximum Gasteiger partial charge on any atom is 0.297 e. The highest BCUT2D eigenvalue weighted by molar-refractivity contribution is 7.89.